The van der Waals surface area contributed by atoms with Crippen molar-refractivity contribution in [2.75, 3.05) is 13.1 Å². The van der Waals surface area contributed by atoms with E-state index in [4.69, 9.17) is 5.26 Å². The molecule has 0 aromatic rings. The summed E-state index contributed by atoms with van der Waals surface area (Å²) in [6.07, 6.45) is 1.12. The first-order chi connectivity index (χ1) is 6.06. The molecule has 72 valence electrons. The highest BCUT2D eigenvalue weighted by atomic mass is 16.1. The van der Waals surface area contributed by atoms with E-state index in [9.17, 15) is 4.79 Å². The normalized spacial score (nSPS) is 23.3. The van der Waals surface area contributed by atoms with Crippen molar-refractivity contribution in [3.63, 3.8) is 0 Å². The first-order valence-corrected chi connectivity index (χ1v) is 4.43. The van der Waals surface area contributed by atoms with Gasteiger partial charge in [-0.15, -0.1) is 0 Å². The SMILES string of the molecule is CC1(C)CC1NCC(=O)NCC#N. The van der Waals surface area contributed by atoms with E-state index >= 15 is 0 Å². The van der Waals surface area contributed by atoms with Crippen molar-refractivity contribution in [1.82, 2.24) is 10.6 Å². The number of nitrogens with one attached hydrogen (secondary N) is 2. The topological polar surface area (TPSA) is 64.9 Å². The highest BCUT2D eigenvalue weighted by molar-refractivity contribution is 5.78. The summed E-state index contributed by atoms with van der Waals surface area (Å²) >= 11 is 0. The van der Waals surface area contributed by atoms with Gasteiger partial charge in [-0.2, -0.15) is 5.26 Å². The van der Waals surface area contributed by atoms with Crippen LogP contribution in [0, 0.1) is 16.7 Å². The standard InChI is InChI=1S/C9H15N3O/c1-9(2)5-7(9)12-6-8(13)11-4-3-10/h7,12H,4-6H2,1-2H3,(H,11,13). The Kier molecular flexibility index (Phi) is 2.89. The van der Waals surface area contributed by atoms with Crippen LogP contribution in [0.1, 0.15) is 20.3 Å². The number of carbonyl (C=O) groups excluding carboxylic acids is 1. The van der Waals surface area contributed by atoms with Crippen LogP contribution in [0.5, 0.6) is 0 Å². The van der Waals surface area contributed by atoms with Crippen molar-refractivity contribution in [1.29, 1.82) is 5.26 Å². The van der Waals surface area contributed by atoms with Crippen molar-refractivity contribution >= 4 is 5.91 Å². The smallest absolute Gasteiger partial charge is 0.234 e. The molecule has 2 N–H and O–H groups in total. The summed E-state index contributed by atoms with van der Waals surface area (Å²) in [4.78, 5) is 11.0. The van der Waals surface area contributed by atoms with Gasteiger partial charge in [-0.3, -0.25) is 4.79 Å². The molecule has 1 fully saturated rings. The molecule has 0 aliphatic heterocycles. The van der Waals surface area contributed by atoms with Crippen LogP contribution in [-0.4, -0.2) is 25.0 Å². The molecule has 1 unspecified atom stereocenters. The number of rotatable bonds is 4. The van der Waals surface area contributed by atoms with E-state index in [0.29, 0.717) is 18.0 Å². The third kappa shape index (κ3) is 3.03. The average molecular weight is 181 g/mol. The molecular weight excluding hydrogens is 166 g/mol. The largest absolute Gasteiger partial charge is 0.342 e. The van der Waals surface area contributed by atoms with E-state index in [0.717, 1.165) is 6.42 Å². The summed E-state index contributed by atoms with van der Waals surface area (Å²) in [5.41, 5.74) is 0.343. The van der Waals surface area contributed by atoms with E-state index < -0.39 is 0 Å². The lowest BCUT2D eigenvalue weighted by atomic mass is 10.2. The Hall–Kier alpha value is -1.08. The van der Waals surface area contributed by atoms with Gasteiger partial charge in [-0.1, -0.05) is 13.8 Å². The second kappa shape index (κ2) is 3.75. The second-order valence-corrected chi connectivity index (χ2v) is 4.06. The Morgan fingerprint density at radius 1 is 1.69 bits per heavy atom. The molecule has 1 aliphatic rings. The van der Waals surface area contributed by atoms with Crippen LogP contribution in [0.2, 0.25) is 0 Å². The molecule has 1 amide bonds. The maximum absolute atomic E-state index is 11.0. The van der Waals surface area contributed by atoms with Crippen LogP contribution in [0.15, 0.2) is 0 Å². The van der Waals surface area contributed by atoms with Gasteiger partial charge >= 0.3 is 0 Å². The molecule has 4 nitrogen and oxygen atoms in total. The molecule has 0 aromatic carbocycles. The fraction of sp³-hybridized carbons (Fsp3) is 0.778. The summed E-state index contributed by atoms with van der Waals surface area (Å²) in [6.45, 7) is 4.74. The highest BCUT2D eigenvalue weighted by Gasteiger charge is 2.45. The monoisotopic (exact) mass is 181 g/mol. The zero-order chi connectivity index (χ0) is 9.90. The molecule has 13 heavy (non-hydrogen) atoms. The number of nitriles is 1. The summed E-state index contributed by atoms with van der Waals surface area (Å²) < 4.78 is 0. The fourth-order valence-electron chi connectivity index (χ4n) is 1.23. The fourth-order valence-corrected chi connectivity index (χ4v) is 1.23. The minimum atomic E-state index is -0.107. The lowest BCUT2D eigenvalue weighted by molar-refractivity contribution is -0.120. The molecule has 0 bridgehead atoms. The van der Waals surface area contributed by atoms with Gasteiger partial charge in [-0.25, -0.2) is 0 Å². The van der Waals surface area contributed by atoms with Gasteiger partial charge in [0, 0.05) is 6.04 Å². The first-order valence-electron chi connectivity index (χ1n) is 4.43. The van der Waals surface area contributed by atoms with Crippen molar-refractivity contribution in [2.24, 2.45) is 5.41 Å². The van der Waals surface area contributed by atoms with Crippen molar-refractivity contribution < 1.29 is 4.79 Å². The molecule has 1 aliphatic carbocycles. The molecule has 0 spiro atoms. The Balaban J connectivity index is 2.07. The Morgan fingerprint density at radius 2 is 2.31 bits per heavy atom. The molecule has 1 atom stereocenters. The molecular formula is C9H15N3O. The van der Waals surface area contributed by atoms with E-state index in [2.05, 4.69) is 24.5 Å². The van der Waals surface area contributed by atoms with Crippen LogP contribution in [0.4, 0.5) is 0 Å². The summed E-state index contributed by atoms with van der Waals surface area (Å²) in [5, 5.41) is 13.8. The van der Waals surface area contributed by atoms with Gasteiger partial charge in [0.15, 0.2) is 0 Å². The van der Waals surface area contributed by atoms with Crippen molar-refractivity contribution in [2.45, 2.75) is 26.3 Å². The van der Waals surface area contributed by atoms with Crippen molar-refractivity contribution in [3.8, 4) is 6.07 Å². The zero-order valence-corrected chi connectivity index (χ0v) is 8.05. The molecule has 4 heteroatoms. The molecule has 0 radical (unpaired) electrons. The maximum Gasteiger partial charge on any atom is 0.234 e. The summed E-state index contributed by atoms with van der Waals surface area (Å²) in [7, 11) is 0. The maximum atomic E-state index is 11.0. The Labute approximate surface area is 78.3 Å². The number of carbonyl (C=O) groups is 1. The van der Waals surface area contributed by atoms with Crippen LogP contribution in [-0.2, 0) is 4.79 Å². The third-order valence-electron chi connectivity index (χ3n) is 2.39. The number of hydrogen-bond donors (Lipinski definition) is 2. The van der Waals surface area contributed by atoms with Gasteiger partial charge in [0.1, 0.15) is 6.54 Å². The number of nitrogens with zero attached hydrogens (tertiary/aromatic N) is 1. The number of amides is 1. The van der Waals surface area contributed by atoms with Crippen LogP contribution in [0.3, 0.4) is 0 Å². The van der Waals surface area contributed by atoms with E-state index in [-0.39, 0.29) is 12.5 Å². The minimum absolute atomic E-state index is 0.0918. The summed E-state index contributed by atoms with van der Waals surface area (Å²) in [6, 6.07) is 2.32. The van der Waals surface area contributed by atoms with Gasteiger partial charge in [0.2, 0.25) is 5.91 Å². The second-order valence-electron chi connectivity index (χ2n) is 4.06. The van der Waals surface area contributed by atoms with E-state index in [1.54, 1.807) is 0 Å². The van der Waals surface area contributed by atoms with Gasteiger partial charge < -0.3 is 10.6 Å². The number of hydrogen-bond acceptors (Lipinski definition) is 3. The average Bonchev–Trinajstić information content (AvgIpc) is 2.67. The Morgan fingerprint density at radius 3 is 2.77 bits per heavy atom. The van der Waals surface area contributed by atoms with Crippen LogP contribution in [0.25, 0.3) is 0 Å². The molecule has 0 aromatic heterocycles. The van der Waals surface area contributed by atoms with Gasteiger partial charge in [0.05, 0.1) is 12.6 Å². The van der Waals surface area contributed by atoms with Gasteiger partial charge in [0.25, 0.3) is 0 Å². The minimum Gasteiger partial charge on any atom is -0.342 e. The van der Waals surface area contributed by atoms with E-state index in [1.165, 1.54) is 0 Å². The Bertz CT molecular complexity index is 242. The van der Waals surface area contributed by atoms with Crippen molar-refractivity contribution in [3.05, 3.63) is 0 Å². The first kappa shape index (κ1) is 10.0. The van der Waals surface area contributed by atoms with Crippen LogP contribution >= 0.6 is 0 Å². The molecule has 1 rings (SSSR count). The quantitative estimate of drug-likeness (QED) is 0.601. The van der Waals surface area contributed by atoms with Crippen LogP contribution < -0.4 is 10.6 Å². The molecule has 0 saturated heterocycles. The molecule has 0 heterocycles. The highest BCUT2D eigenvalue weighted by Crippen LogP contribution is 2.44. The zero-order valence-electron chi connectivity index (χ0n) is 8.05. The third-order valence-corrected chi connectivity index (χ3v) is 2.39. The van der Waals surface area contributed by atoms with Gasteiger partial charge in [-0.05, 0) is 11.8 Å². The molecule has 1 saturated carbocycles. The lowest BCUT2D eigenvalue weighted by Crippen LogP contribution is -2.36. The van der Waals surface area contributed by atoms with E-state index in [1.807, 2.05) is 6.07 Å². The lowest BCUT2D eigenvalue weighted by Gasteiger charge is -2.05. The predicted molar refractivity (Wildman–Crippen MR) is 48.8 cm³/mol. The predicted octanol–water partition coefficient (Wildman–Crippen LogP) is 0.0143. The summed E-state index contributed by atoms with van der Waals surface area (Å²) in [5.74, 6) is -0.107.